The number of anilines is 1. The van der Waals surface area contributed by atoms with Gasteiger partial charge in [-0.3, -0.25) is 9.56 Å². The molecular weight excluding hydrogens is 326 g/mol. The van der Waals surface area contributed by atoms with Gasteiger partial charge in [-0.15, -0.1) is 0 Å². The van der Waals surface area contributed by atoms with E-state index in [2.05, 4.69) is 10.0 Å². The standard InChI is InChI=1S/C17H23N3O3S/c1-19(17-9-3-2-4-10-17)18-14-16-8-7-12-20(15-16)11-5-6-13-24(21,22)23/h2-4,7-10,12,14H,5-6,11,13,15H2,1H3,(H,21,22,23). The lowest BCUT2D eigenvalue weighted by Gasteiger charge is -2.23. The fraction of sp³-hybridized carbons (Fsp3) is 0.353. The van der Waals surface area contributed by atoms with Crippen molar-refractivity contribution in [1.29, 1.82) is 0 Å². The Labute approximate surface area is 143 Å². The van der Waals surface area contributed by atoms with Gasteiger partial charge in [0.25, 0.3) is 10.1 Å². The third kappa shape index (κ3) is 6.55. The summed E-state index contributed by atoms with van der Waals surface area (Å²) in [6.07, 6.45) is 8.94. The highest BCUT2D eigenvalue weighted by Crippen LogP contribution is 2.12. The minimum Gasteiger partial charge on any atom is -0.373 e. The van der Waals surface area contributed by atoms with Gasteiger partial charge in [0.05, 0.1) is 17.7 Å². The summed E-state index contributed by atoms with van der Waals surface area (Å²) in [5.41, 5.74) is 2.10. The molecule has 1 N–H and O–H groups in total. The molecule has 0 aromatic heterocycles. The Morgan fingerprint density at radius 3 is 2.75 bits per heavy atom. The zero-order valence-corrected chi connectivity index (χ0v) is 14.6. The average Bonchev–Trinajstić information content (AvgIpc) is 2.57. The second-order valence-electron chi connectivity index (χ2n) is 5.65. The summed E-state index contributed by atoms with van der Waals surface area (Å²) >= 11 is 0. The van der Waals surface area contributed by atoms with E-state index < -0.39 is 10.1 Å². The minimum atomic E-state index is -3.86. The first kappa shape index (κ1) is 18.2. The van der Waals surface area contributed by atoms with Crippen molar-refractivity contribution < 1.29 is 13.0 Å². The van der Waals surface area contributed by atoms with Crippen LogP contribution in [-0.4, -0.2) is 50.0 Å². The predicted octanol–water partition coefficient (Wildman–Crippen LogP) is 2.53. The highest BCUT2D eigenvalue weighted by atomic mass is 32.2. The highest BCUT2D eigenvalue weighted by Gasteiger charge is 2.08. The predicted molar refractivity (Wildman–Crippen MR) is 97.8 cm³/mol. The topological polar surface area (TPSA) is 73.2 Å². The largest absolute Gasteiger partial charge is 0.373 e. The van der Waals surface area contributed by atoms with Crippen LogP contribution in [0.4, 0.5) is 5.69 Å². The summed E-state index contributed by atoms with van der Waals surface area (Å²) < 4.78 is 30.1. The molecule has 1 aliphatic heterocycles. The number of nitrogens with zero attached hydrogens (tertiary/aromatic N) is 3. The van der Waals surface area contributed by atoms with Gasteiger partial charge in [-0.2, -0.15) is 13.5 Å². The van der Waals surface area contributed by atoms with Crippen LogP contribution in [0, 0.1) is 0 Å². The molecule has 1 aromatic rings. The Morgan fingerprint density at radius 1 is 1.29 bits per heavy atom. The molecule has 0 fully saturated rings. The number of hydrogen-bond acceptors (Lipinski definition) is 5. The van der Waals surface area contributed by atoms with Gasteiger partial charge in [-0.25, -0.2) is 0 Å². The van der Waals surface area contributed by atoms with Crippen LogP contribution in [0.2, 0.25) is 0 Å². The van der Waals surface area contributed by atoms with E-state index in [1.54, 1.807) is 0 Å². The molecule has 1 heterocycles. The Hall–Kier alpha value is -2.12. The number of hydrazone groups is 1. The quantitative estimate of drug-likeness (QED) is 0.338. The molecule has 2 rings (SSSR count). The van der Waals surface area contributed by atoms with Gasteiger partial charge in [0.2, 0.25) is 0 Å². The van der Waals surface area contributed by atoms with Gasteiger partial charge in [-0.1, -0.05) is 24.3 Å². The molecule has 0 saturated carbocycles. The number of rotatable bonds is 8. The fourth-order valence-corrected chi connectivity index (χ4v) is 2.91. The zero-order chi connectivity index (χ0) is 17.4. The molecule has 0 radical (unpaired) electrons. The number of hydrogen-bond donors (Lipinski definition) is 1. The van der Waals surface area contributed by atoms with E-state index in [4.69, 9.17) is 4.55 Å². The Morgan fingerprint density at radius 2 is 2.04 bits per heavy atom. The maximum absolute atomic E-state index is 10.7. The molecule has 7 heteroatoms. The highest BCUT2D eigenvalue weighted by molar-refractivity contribution is 7.85. The van der Waals surface area contributed by atoms with Crippen LogP contribution in [0.3, 0.4) is 0 Å². The maximum atomic E-state index is 10.7. The van der Waals surface area contributed by atoms with E-state index in [0.29, 0.717) is 12.8 Å². The van der Waals surface area contributed by atoms with Gasteiger partial charge >= 0.3 is 0 Å². The third-order valence-electron chi connectivity index (χ3n) is 3.62. The van der Waals surface area contributed by atoms with E-state index in [-0.39, 0.29) is 5.75 Å². The van der Waals surface area contributed by atoms with Crippen LogP contribution >= 0.6 is 0 Å². The van der Waals surface area contributed by atoms with Crippen molar-refractivity contribution >= 4 is 22.0 Å². The fourth-order valence-electron chi connectivity index (χ4n) is 2.34. The van der Waals surface area contributed by atoms with Crippen LogP contribution in [0.25, 0.3) is 0 Å². The van der Waals surface area contributed by atoms with E-state index in [9.17, 15) is 8.42 Å². The van der Waals surface area contributed by atoms with Gasteiger partial charge in [0.15, 0.2) is 0 Å². The van der Waals surface area contributed by atoms with Crippen LogP contribution < -0.4 is 5.01 Å². The van der Waals surface area contributed by atoms with Gasteiger partial charge < -0.3 is 4.90 Å². The summed E-state index contributed by atoms with van der Waals surface area (Å²) in [6.45, 7) is 1.47. The molecule has 0 spiro atoms. The van der Waals surface area contributed by atoms with Crippen molar-refractivity contribution in [2.45, 2.75) is 12.8 Å². The molecule has 130 valence electrons. The Balaban J connectivity index is 1.80. The van der Waals surface area contributed by atoms with E-state index in [1.807, 2.05) is 67.0 Å². The minimum absolute atomic E-state index is 0.184. The summed E-state index contributed by atoms with van der Waals surface area (Å²) in [5.74, 6) is -0.184. The molecule has 0 atom stereocenters. The summed E-state index contributed by atoms with van der Waals surface area (Å²) in [7, 11) is -1.96. The zero-order valence-electron chi connectivity index (χ0n) is 13.7. The molecule has 0 amide bonds. The molecule has 1 aromatic carbocycles. The first-order valence-electron chi connectivity index (χ1n) is 7.83. The third-order valence-corrected chi connectivity index (χ3v) is 4.42. The van der Waals surface area contributed by atoms with Crippen LogP contribution in [0.15, 0.2) is 59.4 Å². The van der Waals surface area contributed by atoms with Gasteiger partial charge in [0, 0.05) is 20.1 Å². The van der Waals surface area contributed by atoms with Crippen molar-refractivity contribution in [1.82, 2.24) is 4.90 Å². The van der Waals surface area contributed by atoms with Crippen molar-refractivity contribution in [3.05, 3.63) is 54.3 Å². The number of para-hydroxylation sites is 1. The molecule has 24 heavy (non-hydrogen) atoms. The molecule has 0 unspecified atom stereocenters. The first-order valence-corrected chi connectivity index (χ1v) is 9.44. The second kappa shape index (κ2) is 8.65. The van der Waals surface area contributed by atoms with E-state index in [0.717, 1.165) is 24.4 Å². The lowest BCUT2D eigenvalue weighted by Crippen LogP contribution is -2.24. The number of unbranched alkanes of at least 4 members (excludes halogenated alkanes) is 1. The van der Waals surface area contributed by atoms with Gasteiger partial charge in [-0.05, 0) is 42.8 Å². The lowest BCUT2D eigenvalue weighted by molar-refractivity contribution is 0.395. The Bertz CT molecular complexity index is 712. The smallest absolute Gasteiger partial charge is 0.264 e. The average molecular weight is 349 g/mol. The van der Waals surface area contributed by atoms with E-state index >= 15 is 0 Å². The molecule has 0 bridgehead atoms. The normalized spacial score (nSPS) is 14.9. The molecule has 6 nitrogen and oxygen atoms in total. The summed E-state index contributed by atoms with van der Waals surface area (Å²) in [5, 5.41) is 6.26. The van der Waals surface area contributed by atoms with Crippen molar-refractivity contribution in [2.24, 2.45) is 5.10 Å². The number of allylic oxidation sites excluding steroid dienone is 2. The maximum Gasteiger partial charge on any atom is 0.264 e. The summed E-state index contributed by atoms with van der Waals surface area (Å²) in [6, 6.07) is 9.90. The molecule has 1 aliphatic rings. The van der Waals surface area contributed by atoms with Crippen LogP contribution in [-0.2, 0) is 10.1 Å². The van der Waals surface area contributed by atoms with Crippen LogP contribution in [0.5, 0.6) is 0 Å². The Kier molecular flexibility index (Phi) is 6.57. The molecule has 0 aliphatic carbocycles. The lowest BCUT2D eigenvalue weighted by atomic mass is 10.2. The monoisotopic (exact) mass is 349 g/mol. The van der Waals surface area contributed by atoms with Crippen molar-refractivity contribution in [3.8, 4) is 0 Å². The first-order chi connectivity index (χ1) is 11.4. The van der Waals surface area contributed by atoms with Gasteiger partial charge in [0.1, 0.15) is 0 Å². The molecule has 0 saturated heterocycles. The number of benzene rings is 1. The van der Waals surface area contributed by atoms with Crippen molar-refractivity contribution in [3.63, 3.8) is 0 Å². The van der Waals surface area contributed by atoms with Crippen molar-refractivity contribution in [2.75, 3.05) is 30.9 Å². The second-order valence-corrected chi connectivity index (χ2v) is 7.22. The molecular formula is C17H23N3O3S. The summed E-state index contributed by atoms with van der Waals surface area (Å²) in [4.78, 5) is 2.11. The SMILES string of the molecule is CN(N=CC1=CC=CN(CCCCS(=O)(=O)O)C1)c1ccccc1. The van der Waals surface area contributed by atoms with E-state index in [1.165, 1.54) is 0 Å². The van der Waals surface area contributed by atoms with Crippen LogP contribution in [0.1, 0.15) is 12.8 Å².